The zero-order chi connectivity index (χ0) is 15.4. The zero-order valence-corrected chi connectivity index (χ0v) is 13.4. The van der Waals surface area contributed by atoms with Gasteiger partial charge < -0.3 is 14.8 Å². The Balaban J connectivity index is 1.48. The number of aryl methyl sites for hydroxylation is 1. The second-order valence-corrected chi connectivity index (χ2v) is 6.42. The number of piperidine rings is 2. The van der Waals surface area contributed by atoms with Gasteiger partial charge in [0.25, 0.3) is 0 Å². The summed E-state index contributed by atoms with van der Waals surface area (Å²) in [5, 5.41) is 0. The maximum Gasteiger partial charge on any atom is 0.207 e. The molecule has 3 heterocycles. The molecular formula is C17H26N4O. The van der Waals surface area contributed by atoms with Crippen molar-refractivity contribution < 1.29 is 4.79 Å². The van der Waals surface area contributed by atoms with Gasteiger partial charge in [-0.2, -0.15) is 0 Å². The summed E-state index contributed by atoms with van der Waals surface area (Å²) in [7, 11) is 0. The predicted octanol–water partition coefficient (Wildman–Crippen LogP) is 2.36. The molecule has 0 radical (unpaired) electrons. The molecule has 0 unspecified atom stereocenters. The van der Waals surface area contributed by atoms with E-state index in [1.165, 1.54) is 45.2 Å². The summed E-state index contributed by atoms with van der Waals surface area (Å²) in [4.78, 5) is 24.0. The van der Waals surface area contributed by atoms with Crippen molar-refractivity contribution in [1.29, 1.82) is 0 Å². The van der Waals surface area contributed by atoms with Gasteiger partial charge in [-0.05, 0) is 45.7 Å². The molecule has 1 N–H and O–H groups in total. The summed E-state index contributed by atoms with van der Waals surface area (Å²) >= 11 is 0. The van der Waals surface area contributed by atoms with Crippen molar-refractivity contribution >= 4 is 5.78 Å². The minimum Gasteiger partial charge on any atom is -0.377 e. The number of ketones is 1. The Morgan fingerprint density at radius 1 is 1.23 bits per heavy atom. The molecule has 5 nitrogen and oxygen atoms in total. The van der Waals surface area contributed by atoms with Crippen LogP contribution in [-0.4, -0.2) is 57.8 Å². The van der Waals surface area contributed by atoms with Crippen molar-refractivity contribution in [3.63, 3.8) is 0 Å². The van der Waals surface area contributed by atoms with Gasteiger partial charge in [-0.15, -0.1) is 0 Å². The smallest absolute Gasteiger partial charge is 0.207 e. The fourth-order valence-corrected chi connectivity index (χ4v) is 3.54. The van der Waals surface area contributed by atoms with Crippen LogP contribution in [0.15, 0.2) is 18.6 Å². The number of nitrogens with zero attached hydrogens (tertiary/aromatic N) is 3. The van der Waals surface area contributed by atoms with E-state index in [1.54, 1.807) is 12.4 Å². The van der Waals surface area contributed by atoms with E-state index in [1.807, 2.05) is 13.1 Å². The normalized spacial score (nSPS) is 21.6. The van der Waals surface area contributed by atoms with Crippen molar-refractivity contribution in [2.75, 3.05) is 26.2 Å². The van der Waals surface area contributed by atoms with Gasteiger partial charge in [0.2, 0.25) is 5.78 Å². The molecule has 0 atom stereocenters. The first kappa shape index (κ1) is 15.3. The number of likely N-dealkylation sites (tertiary alicyclic amines) is 2. The van der Waals surface area contributed by atoms with E-state index in [-0.39, 0.29) is 5.78 Å². The molecule has 120 valence electrons. The van der Waals surface area contributed by atoms with Crippen LogP contribution in [0, 0.1) is 6.92 Å². The summed E-state index contributed by atoms with van der Waals surface area (Å²) in [6.07, 6.45) is 11.7. The second kappa shape index (κ2) is 7.09. The number of hydrogen-bond donors (Lipinski definition) is 1. The Bertz CT molecular complexity index is 523. The topological polar surface area (TPSA) is 52.2 Å². The lowest BCUT2D eigenvalue weighted by atomic mass is 10.00. The number of carbonyl (C=O) groups is 1. The first-order chi connectivity index (χ1) is 10.7. The first-order valence-electron chi connectivity index (χ1n) is 8.44. The fraction of sp³-hybridized carbons (Fsp3) is 0.647. The van der Waals surface area contributed by atoms with Gasteiger partial charge in [0, 0.05) is 37.1 Å². The lowest BCUT2D eigenvalue weighted by molar-refractivity contribution is 0.102. The van der Waals surface area contributed by atoms with Crippen LogP contribution in [-0.2, 0) is 0 Å². The third-order valence-corrected chi connectivity index (χ3v) is 4.91. The average Bonchev–Trinajstić information content (AvgIpc) is 3.00. The molecule has 1 aromatic rings. The van der Waals surface area contributed by atoms with E-state index in [0.29, 0.717) is 5.69 Å². The van der Waals surface area contributed by atoms with Gasteiger partial charge in [-0.3, -0.25) is 4.79 Å². The highest BCUT2D eigenvalue weighted by molar-refractivity contribution is 6.03. The van der Waals surface area contributed by atoms with Crippen LogP contribution < -0.4 is 0 Å². The Kier molecular flexibility index (Phi) is 4.93. The number of aromatic nitrogens is 2. The number of imidazole rings is 1. The average molecular weight is 302 g/mol. The number of H-pyrrole nitrogens is 1. The molecule has 0 bridgehead atoms. The maximum atomic E-state index is 12.1. The van der Waals surface area contributed by atoms with E-state index in [9.17, 15) is 4.79 Å². The first-order valence-corrected chi connectivity index (χ1v) is 8.44. The number of aromatic amines is 1. The number of hydrogen-bond acceptors (Lipinski definition) is 4. The summed E-state index contributed by atoms with van der Waals surface area (Å²) in [5.41, 5.74) is 1.36. The molecule has 1 aromatic heterocycles. The van der Waals surface area contributed by atoms with E-state index in [4.69, 9.17) is 0 Å². The minimum atomic E-state index is -0.0168. The molecule has 2 aliphatic heterocycles. The van der Waals surface area contributed by atoms with E-state index in [0.717, 1.165) is 24.8 Å². The van der Waals surface area contributed by atoms with Crippen molar-refractivity contribution in [3.8, 4) is 0 Å². The van der Waals surface area contributed by atoms with Crippen LogP contribution in [0.3, 0.4) is 0 Å². The molecule has 2 aliphatic rings. The molecule has 2 saturated heterocycles. The van der Waals surface area contributed by atoms with Crippen molar-refractivity contribution in [2.45, 2.75) is 45.1 Å². The fourth-order valence-electron chi connectivity index (χ4n) is 3.54. The van der Waals surface area contributed by atoms with E-state index in [2.05, 4.69) is 19.8 Å². The van der Waals surface area contributed by atoms with Crippen LogP contribution in [0.1, 0.15) is 48.3 Å². The Morgan fingerprint density at radius 2 is 1.95 bits per heavy atom. The standard InChI is InChI=1S/C17H26N4O/c1-14-17(19-13-18-14)16(22)7-12-20-10-5-15(6-11-20)21-8-3-2-4-9-21/h7,12-13,15H,2-6,8-11H2,1H3,(H,18,19). The summed E-state index contributed by atoms with van der Waals surface area (Å²) in [6, 6.07) is 0.745. The molecule has 0 amide bonds. The molecule has 5 heteroatoms. The van der Waals surface area contributed by atoms with Gasteiger partial charge in [-0.1, -0.05) is 6.42 Å². The highest BCUT2D eigenvalue weighted by Gasteiger charge is 2.24. The quantitative estimate of drug-likeness (QED) is 0.685. The van der Waals surface area contributed by atoms with Crippen LogP contribution in [0.25, 0.3) is 0 Å². The summed E-state index contributed by atoms with van der Waals surface area (Å²) in [5.74, 6) is -0.0168. The highest BCUT2D eigenvalue weighted by atomic mass is 16.1. The zero-order valence-electron chi connectivity index (χ0n) is 13.4. The molecule has 2 fully saturated rings. The van der Waals surface area contributed by atoms with Gasteiger partial charge in [-0.25, -0.2) is 4.98 Å². The predicted molar refractivity (Wildman–Crippen MR) is 86.8 cm³/mol. The maximum absolute atomic E-state index is 12.1. The number of rotatable bonds is 4. The van der Waals surface area contributed by atoms with E-state index < -0.39 is 0 Å². The van der Waals surface area contributed by atoms with Crippen LogP contribution in [0.4, 0.5) is 0 Å². The molecule has 22 heavy (non-hydrogen) atoms. The van der Waals surface area contributed by atoms with Crippen molar-refractivity contribution in [2.24, 2.45) is 0 Å². The largest absolute Gasteiger partial charge is 0.377 e. The monoisotopic (exact) mass is 302 g/mol. The Labute approximate surface area is 132 Å². The van der Waals surface area contributed by atoms with Gasteiger partial charge in [0.1, 0.15) is 5.69 Å². The molecular weight excluding hydrogens is 276 g/mol. The molecule has 0 aromatic carbocycles. The van der Waals surface area contributed by atoms with Crippen molar-refractivity contribution in [3.05, 3.63) is 30.0 Å². The third kappa shape index (κ3) is 3.58. The van der Waals surface area contributed by atoms with Gasteiger partial charge in [0.05, 0.1) is 6.33 Å². The lowest BCUT2D eigenvalue weighted by Gasteiger charge is -2.40. The number of allylic oxidation sites excluding steroid dienone is 1. The molecule has 0 aliphatic carbocycles. The molecule has 0 saturated carbocycles. The van der Waals surface area contributed by atoms with Crippen LogP contribution in [0.5, 0.6) is 0 Å². The molecule has 0 spiro atoms. The van der Waals surface area contributed by atoms with Crippen LogP contribution >= 0.6 is 0 Å². The minimum absolute atomic E-state index is 0.0168. The van der Waals surface area contributed by atoms with Crippen molar-refractivity contribution in [1.82, 2.24) is 19.8 Å². The summed E-state index contributed by atoms with van der Waals surface area (Å²) in [6.45, 7) is 6.52. The molecule has 3 rings (SSSR count). The number of nitrogens with one attached hydrogen (secondary N) is 1. The number of carbonyl (C=O) groups excluding carboxylic acids is 1. The summed E-state index contributed by atoms with van der Waals surface area (Å²) < 4.78 is 0. The van der Waals surface area contributed by atoms with E-state index >= 15 is 0 Å². The SMILES string of the molecule is Cc1[nH]cnc1C(=O)C=CN1CCC(N2CCCCC2)CC1. The Morgan fingerprint density at radius 3 is 2.59 bits per heavy atom. The van der Waals surface area contributed by atoms with Gasteiger partial charge >= 0.3 is 0 Å². The Hall–Kier alpha value is -1.62. The van der Waals surface area contributed by atoms with Gasteiger partial charge in [0.15, 0.2) is 0 Å². The lowest BCUT2D eigenvalue weighted by Crippen LogP contribution is -2.45. The highest BCUT2D eigenvalue weighted by Crippen LogP contribution is 2.21. The van der Waals surface area contributed by atoms with Crippen LogP contribution in [0.2, 0.25) is 0 Å². The third-order valence-electron chi connectivity index (χ3n) is 4.91. The second-order valence-electron chi connectivity index (χ2n) is 6.42.